The highest BCUT2D eigenvalue weighted by Crippen LogP contribution is 2.27. The van der Waals surface area contributed by atoms with Crippen LogP contribution in [0.2, 0.25) is 0 Å². The molecule has 5 nitrogen and oxygen atoms in total. The molecule has 1 unspecified atom stereocenters. The number of nitrogens with zero attached hydrogens (tertiary/aromatic N) is 1. The first-order chi connectivity index (χ1) is 7.47. The Kier molecular flexibility index (Phi) is 4.28. The van der Waals surface area contributed by atoms with Crippen molar-refractivity contribution >= 4 is 21.8 Å². The van der Waals surface area contributed by atoms with Crippen molar-refractivity contribution in [1.29, 1.82) is 0 Å². The quantitative estimate of drug-likeness (QED) is 0.489. The molecule has 0 aliphatic rings. The zero-order chi connectivity index (χ0) is 12.3. The number of ether oxygens (including phenoxy) is 1. The molecule has 1 amide bonds. The summed E-state index contributed by atoms with van der Waals surface area (Å²) in [6.45, 7) is 0. The van der Waals surface area contributed by atoms with E-state index in [2.05, 4.69) is 15.9 Å². The molecule has 0 radical (unpaired) electrons. The predicted molar refractivity (Wildman–Crippen MR) is 64.6 cm³/mol. The Morgan fingerprint density at radius 3 is 2.69 bits per heavy atom. The van der Waals surface area contributed by atoms with E-state index in [1.807, 2.05) is 6.07 Å². The van der Waals surface area contributed by atoms with Crippen molar-refractivity contribution in [2.24, 2.45) is 11.6 Å². The largest absolute Gasteiger partial charge is 0.496 e. The molecule has 0 aromatic heterocycles. The predicted octanol–water partition coefficient (Wildman–Crippen LogP) is 0.790. The molecular weight excluding hydrogens is 274 g/mol. The lowest BCUT2D eigenvalue weighted by Gasteiger charge is -2.18. The zero-order valence-electron chi connectivity index (χ0n) is 9.11. The Labute approximate surface area is 102 Å². The maximum Gasteiger partial charge on any atom is 0.257 e. The van der Waals surface area contributed by atoms with E-state index in [9.17, 15) is 4.79 Å². The van der Waals surface area contributed by atoms with Crippen LogP contribution < -0.4 is 16.3 Å². The molecule has 0 heterocycles. The number of benzene rings is 1. The van der Waals surface area contributed by atoms with Crippen molar-refractivity contribution in [1.82, 2.24) is 5.01 Å². The third kappa shape index (κ3) is 2.72. The zero-order valence-corrected chi connectivity index (χ0v) is 10.7. The highest BCUT2D eigenvalue weighted by Gasteiger charge is 2.21. The van der Waals surface area contributed by atoms with E-state index in [0.29, 0.717) is 11.3 Å². The van der Waals surface area contributed by atoms with E-state index in [0.717, 1.165) is 9.48 Å². The summed E-state index contributed by atoms with van der Waals surface area (Å²) in [6.07, 6.45) is 0. The van der Waals surface area contributed by atoms with Crippen molar-refractivity contribution in [3.8, 4) is 5.75 Å². The van der Waals surface area contributed by atoms with Crippen LogP contribution in [0.4, 0.5) is 0 Å². The van der Waals surface area contributed by atoms with E-state index in [1.165, 1.54) is 14.2 Å². The van der Waals surface area contributed by atoms with Gasteiger partial charge in [-0.3, -0.25) is 9.80 Å². The fraction of sp³-hybridized carbons (Fsp3) is 0.300. The lowest BCUT2D eigenvalue weighted by molar-refractivity contribution is -0.131. The first kappa shape index (κ1) is 13.0. The summed E-state index contributed by atoms with van der Waals surface area (Å²) in [5.41, 5.74) is 6.41. The average Bonchev–Trinajstić information content (AvgIpc) is 2.26. The van der Waals surface area contributed by atoms with Gasteiger partial charge in [0, 0.05) is 17.1 Å². The smallest absolute Gasteiger partial charge is 0.257 e. The Hall–Kier alpha value is -1.11. The van der Waals surface area contributed by atoms with Crippen LogP contribution in [0.25, 0.3) is 0 Å². The second-order valence-corrected chi connectivity index (χ2v) is 4.23. The fourth-order valence-electron chi connectivity index (χ4n) is 1.30. The van der Waals surface area contributed by atoms with Crippen LogP contribution in [0.5, 0.6) is 5.75 Å². The molecule has 0 saturated carbocycles. The molecule has 1 atom stereocenters. The number of hydrazine groups is 1. The number of carbonyl (C=O) groups excluding carboxylic acids is 1. The Morgan fingerprint density at radius 1 is 1.56 bits per heavy atom. The number of methoxy groups -OCH3 is 1. The van der Waals surface area contributed by atoms with Crippen LogP contribution in [0.3, 0.4) is 0 Å². The van der Waals surface area contributed by atoms with Crippen LogP contribution in [0.1, 0.15) is 11.6 Å². The van der Waals surface area contributed by atoms with Gasteiger partial charge in [0.1, 0.15) is 11.8 Å². The van der Waals surface area contributed by atoms with Crippen molar-refractivity contribution in [2.45, 2.75) is 6.04 Å². The van der Waals surface area contributed by atoms with Gasteiger partial charge in [0.05, 0.1) is 7.11 Å². The van der Waals surface area contributed by atoms with Gasteiger partial charge in [-0.2, -0.15) is 0 Å². The monoisotopic (exact) mass is 287 g/mol. The third-order valence-electron chi connectivity index (χ3n) is 2.14. The van der Waals surface area contributed by atoms with Crippen molar-refractivity contribution in [3.05, 3.63) is 28.2 Å². The standard InChI is InChI=1S/C10H14BrN3O2/c1-14(13)10(15)9(12)7-5-6(11)3-4-8(7)16-2/h3-5,9H,12-13H2,1-2H3. The van der Waals surface area contributed by atoms with Gasteiger partial charge in [-0.15, -0.1) is 0 Å². The van der Waals surface area contributed by atoms with Crippen LogP contribution >= 0.6 is 15.9 Å². The van der Waals surface area contributed by atoms with Gasteiger partial charge in [-0.1, -0.05) is 15.9 Å². The van der Waals surface area contributed by atoms with E-state index in [4.69, 9.17) is 16.3 Å². The van der Waals surface area contributed by atoms with E-state index < -0.39 is 6.04 Å². The molecule has 1 aromatic rings. The third-order valence-corrected chi connectivity index (χ3v) is 2.63. The number of nitrogens with two attached hydrogens (primary N) is 2. The minimum Gasteiger partial charge on any atom is -0.496 e. The Morgan fingerprint density at radius 2 is 2.19 bits per heavy atom. The number of likely N-dealkylation sites (N-methyl/N-ethyl adjacent to an activating group) is 1. The summed E-state index contributed by atoms with van der Waals surface area (Å²) in [6, 6.07) is 4.46. The van der Waals surface area contributed by atoms with Gasteiger partial charge >= 0.3 is 0 Å². The maximum atomic E-state index is 11.6. The van der Waals surface area contributed by atoms with E-state index in [-0.39, 0.29) is 5.91 Å². The van der Waals surface area contributed by atoms with Gasteiger partial charge in [0.2, 0.25) is 0 Å². The Balaban J connectivity index is 3.11. The minimum absolute atomic E-state index is 0.378. The fourth-order valence-corrected chi connectivity index (χ4v) is 1.68. The molecule has 6 heteroatoms. The molecule has 1 rings (SSSR count). The molecule has 16 heavy (non-hydrogen) atoms. The summed E-state index contributed by atoms with van der Waals surface area (Å²) in [5, 5.41) is 0.963. The van der Waals surface area contributed by atoms with Crippen molar-refractivity contribution in [2.75, 3.05) is 14.2 Å². The second-order valence-electron chi connectivity index (χ2n) is 3.31. The highest BCUT2D eigenvalue weighted by molar-refractivity contribution is 9.10. The number of hydrogen-bond donors (Lipinski definition) is 2. The number of carbonyl (C=O) groups is 1. The average molecular weight is 288 g/mol. The molecule has 0 fully saturated rings. The topological polar surface area (TPSA) is 81.6 Å². The SMILES string of the molecule is COc1ccc(Br)cc1C(N)C(=O)N(C)N. The molecular formula is C10H14BrN3O2. The molecule has 0 aliphatic carbocycles. The summed E-state index contributed by atoms with van der Waals surface area (Å²) >= 11 is 3.31. The Bertz CT molecular complexity index is 396. The molecule has 4 N–H and O–H groups in total. The van der Waals surface area contributed by atoms with Crippen molar-refractivity contribution < 1.29 is 9.53 Å². The first-order valence-corrected chi connectivity index (χ1v) is 5.38. The highest BCUT2D eigenvalue weighted by atomic mass is 79.9. The van der Waals surface area contributed by atoms with Gasteiger partial charge in [0.25, 0.3) is 5.91 Å². The number of rotatable bonds is 3. The molecule has 0 aliphatic heterocycles. The molecule has 1 aromatic carbocycles. The first-order valence-electron chi connectivity index (χ1n) is 4.58. The van der Waals surface area contributed by atoms with Crippen LogP contribution in [0, 0.1) is 0 Å². The lowest BCUT2D eigenvalue weighted by atomic mass is 10.1. The number of amides is 1. The summed E-state index contributed by atoms with van der Waals surface area (Å²) in [5.74, 6) is 5.54. The summed E-state index contributed by atoms with van der Waals surface area (Å²) < 4.78 is 5.96. The molecule has 0 saturated heterocycles. The van der Waals surface area contributed by atoms with Crippen LogP contribution in [-0.4, -0.2) is 25.1 Å². The lowest BCUT2D eigenvalue weighted by Crippen LogP contribution is -2.40. The van der Waals surface area contributed by atoms with Gasteiger partial charge in [-0.25, -0.2) is 5.84 Å². The maximum absolute atomic E-state index is 11.6. The van der Waals surface area contributed by atoms with Crippen molar-refractivity contribution in [3.63, 3.8) is 0 Å². The van der Waals surface area contributed by atoms with Crippen LogP contribution in [-0.2, 0) is 4.79 Å². The number of halogens is 1. The summed E-state index contributed by atoms with van der Waals surface area (Å²) in [4.78, 5) is 11.6. The van der Waals surface area contributed by atoms with Crippen LogP contribution in [0.15, 0.2) is 22.7 Å². The molecule has 88 valence electrons. The van der Waals surface area contributed by atoms with E-state index >= 15 is 0 Å². The van der Waals surface area contributed by atoms with E-state index in [1.54, 1.807) is 12.1 Å². The second kappa shape index (κ2) is 5.29. The van der Waals surface area contributed by atoms with Gasteiger partial charge in [0.15, 0.2) is 0 Å². The van der Waals surface area contributed by atoms with Gasteiger partial charge < -0.3 is 10.5 Å². The minimum atomic E-state index is -0.831. The molecule has 0 spiro atoms. The molecule has 0 bridgehead atoms. The summed E-state index contributed by atoms with van der Waals surface area (Å²) in [7, 11) is 2.97. The number of hydrogen-bond acceptors (Lipinski definition) is 4. The normalized spacial score (nSPS) is 12.1. The van der Waals surface area contributed by atoms with Gasteiger partial charge in [-0.05, 0) is 18.2 Å².